The Balaban J connectivity index is 2.22. The van der Waals surface area contributed by atoms with Crippen LogP contribution in [0.5, 0.6) is 0 Å². The Morgan fingerprint density at radius 1 is 1.35 bits per heavy atom. The summed E-state index contributed by atoms with van der Waals surface area (Å²) in [5.41, 5.74) is 0. The first-order valence-electron chi connectivity index (χ1n) is 6.27. The summed E-state index contributed by atoms with van der Waals surface area (Å²) in [6.07, 6.45) is 1.87. The van der Waals surface area contributed by atoms with Crippen LogP contribution in [0.3, 0.4) is 0 Å². The van der Waals surface area contributed by atoms with Crippen molar-refractivity contribution >= 4 is 11.8 Å². The van der Waals surface area contributed by atoms with Crippen LogP contribution < -0.4 is 5.32 Å². The van der Waals surface area contributed by atoms with Crippen molar-refractivity contribution in [3.8, 4) is 0 Å². The van der Waals surface area contributed by atoms with Crippen molar-refractivity contribution in [1.29, 1.82) is 0 Å². The largest absolute Gasteiger partial charge is 0.345 e. The Morgan fingerprint density at radius 3 is 2.41 bits per heavy atom. The second-order valence-corrected chi connectivity index (χ2v) is 4.57. The summed E-state index contributed by atoms with van der Waals surface area (Å²) in [6, 6.07) is 0.361. The summed E-state index contributed by atoms with van der Waals surface area (Å²) in [5, 5.41) is 3.27. The summed E-state index contributed by atoms with van der Waals surface area (Å²) in [7, 11) is 1.81. The number of carbonyl (C=O) groups excluding carboxylic acids is 2. The molecule has 0 aromatic rings. The summed E-state index contributed by atoms with van der Waals surface area (Å²) < 4.78 is 0. The minimum atomic E-state index is 0.126. The fourth-order valence-electron chi connectivity index (χ4n) is 1.94. The number of rotatable bonds is 4. The molecule has 5 heteroatoms. The standard InChI is InChI=1S/C12H23N3O2/c1-4-14(3)12(17)9-13-11-5-7-15(8-6-11)10(2)16/h11,13H,4-9H2,1-3H3. The third-order valence-electron chi connectivity index (χ3n) is 3.38. The quantitative estimate of drug-likeness (QED) is 0.757. The van der Waals surface area contributed by atoms with Crippen molar-refractivity contribution < 1.29 is 9.59 Å². The van der Waals surface area contributed by atoms with Gasteiger partial charge < -0.3 is 15.1 Å². The highest BCUT2D eigenvalue weighted by molar-refractivity contribution is 5.78. The van der Waals surface area contributed by atoms with E-state index in [-0.39, 0.29) is 11.8 Å². The van der Waals surface area contributed by atoms with Gasteiger partial charge in [-0.15, -0.1) is 0 Å². The van der Waals surface area contributed by atoms with Gasteiger partial charge in [0.2, 0.25) is 11.8 Å². The van der Waals surface area contributed by atoms with Gasteiger partial charge in [-0.25, -0.2) is 0 Å². The lowest BCUT2D eigenvalue weighted by atomic mass is 10.1. The van der Waals surface area contributed by atoms with E-state index >= 15 is 0 Å². The number of piperidine rings is 1. The maximum Gasteiger partial charge on any atom is 0.236 e. The number of nitrogens with zero attached hydrogens (tertiary/aromatic N) is 2. The summed E-state index contributed by atoms with van der Waals surface area (Å²) in [5.74, 6) is 0.270. The Kier molecular flexibility index (Phi) is 5.41. The molecule has 0 aromatic carbocycles. The van der Waals surface area contributed by atoms with Crippen LogP contribution in [-0.4, -0.2) is 60.9 Å². The smallest absolute Gasteiger partial charge is 0.236 e. The molecule has 1 fully saturated rings. The topological polar surface area (TPSA) is 52.7 Å². The van der Waals surface area contributed by atoms with E-state index in [0.717, 1.165) is 32.5 Å². The molecule has 5 nitrogen and oxygen atoms in total. The Morgan fingerprint density at radius 2 is 1.94 bits per heavy atom. The number of hydrogen-bond donors (Lipinski definition) is 1. The van der Waals surface area contributed by atoms with E-state index in [1.807, 2.05) is 18.9 Å². The van der Waals surface area contributed by atoms with Gasteiger partial charge in [0.15, 0.2) is 0 Å². The zero-order chi connectivity index (χ0) is 12.8. The number of carbonyl (C=O) groups is 2. The molecule has 0 aromatic heterocycles. The first-order valence-corrected chi connectivity index (χ1v) is 6.27. The molecule has 0 radical (unpaired) electrons. The zero-order valence-corrected chi connectivity index (χ0v) is 11.0. The molecule has 0 unspecified atom stereocenters. The molecule has 1 aliphatic heterocycles. The molecule has 98 valence electrons. The van der Waals surface area contributed by atoms with Gasteiger partial charge in [-0.3, -0.25) is 9.59 Å². The Bertz CT molecular complexity index is 273. The Hall–Kier alpha value is -1.10. The van der Waals surface area contributed by atoms with E-state index in [1.165, 1.54) is 0 Å². The molecule has 2 amide bonds. The summed E-state index contributed by atoms with van der Waals surface area (Å²) >= 11 is 0. The molecule has 17 heavy (non-hydrogen) atoms. The van der Waals surface area contributed by atoms with Crippen molar-refractivity contribution in [3.63, 3.8) is 0 Å². The number of nitrogens with one attached hydrogen (secondary N) is 1. The normalized spacial score (nSPS) is 17.0. The van der Waals surface area contributed by atoms with Crippen molar-refractivity contribution in [1.82, 2.24) is 15.1 Å². The summed E-state index contributed by atoms with van der Waals surface area (Å²) in [4.78, 5) is 26.3. The number of likely N-dealkylation sites (N-methyl/N-ethyl adjacent to an activating group) is 1. The molecular weight excluding hydrogens is 218 g/mol. The second-order valence-electron chi connectivity index (χ2n) is 4.57. The molecule has 1 heterocycles. The predicted octanol–water partition coefficient (Wildman–Crippen LogP) is 0.0652. The molecule has 1 aliphatic rings. The molecule has 0 aliphatic carbocycles. The van der Waals surface area contributed by atoms with Gasteiger partial charge in [0, 0.05) is 39.6 Å². The van der Waals surface area contributed by atoms with Gasteiger partial charge in [0.05, 0.1) is 6.54 Å². The average Bonchev–Trinajstić information content (AvgIpc) is 2.35. The fraction of sp³-hybridized carbons (Fsp3) is 0.833. The average molecular weight is 241 g/mol. The van der Waals surface area contributed by atoms with Crippen LogP contribution in [0, 0.1) is 0 Å². The Labute approximate surface area is 103 Å². The van der Waals surface area contributed by atoms with E-state index in [9.17, 15) is 9.59 Å². The van der Waals surface area contributed by atoms with Crippen LogP contribution in [0.2, 0.25) is 0 Å². The van der Waals surface area contributed by atoms with Crippen LogP contribution in [0.25, 0.3) is 0 Å². The molecule has 0 spiro atoms. The van der Waals surface area contributed by atoms with Gasteiger partial charge >= 0.3 is 0 Å². The monoisotopic (exact) mass is 241 g/mol. The van der Waals surface area contributed by atoms with E-state index < -0.39 is 0 Å². The van der Waals surface area contributed by atoms with E-state index in [4.69, 9.17) is 0 Å². The van der Waals surface area contributed by atoms with Crippen LogP contribution in [0.1, 0.15) is 26.7 Å². The lowest BCUT2D eigenvalue weighted by Gasteiger charge is -2.32. The van der Waals surface area contributed by atoms with Gasteiger partial charge in [0.25, 0.3) is 0 Å². The first kappa shape index (κ1) is 14.0. The first-order chi connectivity index (χ1) is 8.04. The SMILES string of the molecule is CCN(C)C(=O)CNC1CCN(C(C)=O)CC1. The van der Waals surface area contributed by atoms with Crippen LogP contribution >= 0.6 is 0 Å². The second kappa shape index (κ2) is 6.59. The molecule has 1 rings (SSSR count). The fourth-order valence-corrected chi connectivity index (χ4v) is 1.94. The lowest BCUT2D eigenvalue weighted by molar-refractivity contribution is -0.131. The van der Waals surface area contributed by atoms with Crippen molar-refractivity contribution in [3.05, 3.63) is 0 Å². The van der Waals surface area contributed by atoms with Gasteiger partial charge in [-0.05, 0) is 19.8 Å². The summed E-state index contributed by atoms with van der Waals surface area (Å²) in [6.45, 7) is 6.30. The molecule has 0 atom stereocenters. The molecule has 0 saturated carbocycles. The highest BCUT2D eigenvalue weighted by atomic mass is 16.2. The number of hydrogen-bond acceptors (Lipinski definition) is 3. The minimum Gasteiger partial charge on any atom is -0.345 e. The predicted molar refractivity (Wildman–Crippen MR) is 66.6 cm³/mol. The van der Waals surface area contributed by atoms with Crippen LogP contribution in [0.15, 0.2) is 0 Å². The third-order valence-corrected chi connectivity index (χ3v) is 3.38. The van der Waals surface area contributed by atoms with Crippen LogP contribution in [0.4, 0.5) is 0 Å². The molecule has 1 saturated heterocycles. The zero-order valence-electron chi connectivity index (χ0n) is 11.0. The number of likely N-dealkylation sites (tertiary alicyclic amines) is 1. The van der Waals surface area contributed by atoms with Crippen molar-refractivity contribution in [2.75, 3.05) is 33.2 Å². The maximum atomic E-state index is 11.6. The van der Waals surface area contributed by atoms with E-state index in [1.54, 1.807) is 11.8 Å². The van der Waals surface area contributed by atoms with Gasteiger partial charge in [-0.2, -0.15) is 0 Å². The van der Waals surface area contributed by atoms with Gasteiger partial charge in [0.1, 0.15) is 0 Å². The van der Waals surface area contributed by atoms with E-state index in [0.29, 0.717) is 12.6 Å². The van der Waals surface area contributed by atoms with Crippen LogP contribution in [-0.2, 0) is 9.59 Å². The van der Waals surface area contributed by atoms with E-state index in [2.05, 4.69) is 5.32 Å². The third kappa shape index (κ3) is 4.34. The van der Waals surface area contributed by atoms with Crippen molar-refractivity contribution in [2.45, 2.75) is 32.7 Å². The molecular formula is C12H23N3O2. The number of amides is 2. The lowest BCUT2D eigenvalue weighted by Crippen LogP contribution is -2.47. The molecule has 1 N–H and O–H groups in total. The molecule has 0 bridgehead atoms. The highest BCUT2D eigenvalue weighted by Gasteiger charge is 2.20. The van der Waals surface area contributed by atoms with Gasteiger partial charge in [-0.1, -0.05) is 0 Å². The van der Waals surface area contributed by atoms with Crippen molar-refractivity contribution in [2.24, 2.45) is 0 Å². The minimum absolute atomic E-state index is 0.126. The highest BCUT2D eigenvalue weighted by Crippen LogP contribution is 2.09. The maximum absolute atomic E-state index is 11.6.